The Hall–Kier alpha value is -2.96. The van der Waals surface area contributed by atoms with Crippen molar-refractivity contribution in [2.24, 2.45) is 11.8 Å². The molecule has 3 amide bonds. The van der Waals surface area contributed by atoms with Crippen molar-refractivity contribution >= 4 is 11.9 Å². The molecule has 3 N–H and O–H groups in total. The zero-order chi connectivity index (χ0) is 21.3. The van der Waals surface area contributed by atoms with Gasteiger partial charge < -0.3 is 16.0 Å². The first-order chi connectivity index (χ1) is 14.5. The van der Waals surface area contributed by atoms with E-state index >= 15 is 0 Å². The molecule has 1 fully saturated rings. The maximum atomic E-state index is 12.9. The lowest BCUT2D eigenvalue weighted by molar-refractivity contribution is 0.0941. The minimum atomic E-state index is -0.359. The molecule has 3 rings (SSSR count). The van der Waals surface area contributed by atoms with Crippen molar-refractivity contribution in [3.8, 4) is 0 Å². The Morgan fingerprint density at radius 2 is 1.23 bits per heavy atom. The molecule has 1 aliphatic carbocycles. The fourth-order valence-corrected chi connectivity index (χ4v) is 3.66. The summed E-state index contributed by atoms with van der Waals surface area (Å²) in [5, 5.41) is 8.60. The highest BCUT2D eigenvalue weighted by atomic mass is 19.1. The van der Waals surface area contributed by atoms with Crippen LogP contribution in [0.2, 0.25) is 0 Å². The van der Waals surface area contributed by atoms with Gasteiger partial charge in [-0.05, 0) is 79.5 Å². The van der Waals surface area contributed by atoms with E-state index in [9.17, 15) is 18.4 Å². The second-order valence-corrected chi connectivity index (χ2v) is 7.79. The highest BCUT2D eigenvalue weighted by Gasteiger charge is 2.22. The Labute approximate surface area is 175 Å². The third-order valence-electron chi connectivity index (χ3n) is 5.54. The van der Waals surface area contributed by atoms with Gasteiger partial charge in [-0.2, -0.15) is 0 Å². The summed E-state index contributed by atoms with van der Waals surface area (Å²) in [7, 11) is 0. The molecule has 2 aromatic carbocycles. The summed E-state index contributed by atoms with van der Waals surface area (Å²) in [6, 6.07) is 11.3. The quantitative estimate of drug-likeness (QED) is 0.640. The van der Waals surface area contributed by atoms with Gasteiger partial charge in [0.25, 0.3) is 5.91 Å². The van der Waals surface area contributed by atoms with Crippen molar-refractivity contribution in [2.75, 3.05) is 13.1 Å². The minimum absolute atomic E-state index is 0.184. The zero-order valence-electron chi connectivity index (χ0n) is 16.8. The van der Waals surface area contributed by atoms with E-state index in [0.717, 1.165) is 31.2 Å². The predicted molar refractivity (Wildman–Crippen MR) is 111 cm³/mol. The smallest absolute Gasteiger partial charge is 0.315 e. The molecule has 0 radical (unpaired) electrons. The Kier molecular flexibility index (Phi) is 7.76. The molecule has 0 spiro atoms. The number of rotatable bonds is 7. The molecule has 0 atom stereocenters. The highest BCUT2D eigenvalue weighted by Crippen LogP contribution is 2.28. The van der Waals surface area contributed by atoms with Gasteiger partial charge in [-0.25, -0.2) is 13.6 Å². The Bertz CT molecular complexity index is 833. The van der Waals surface area contributed by atoms with Crippen molar-refractivity contribution in [3.05, 3.63) is 71.3 Å². The Balaban J connectivity index is 1.29. The molecule has 30 heavy (non-hydrogen) atoms. The molecule has 1 saturated carbocycles. The third-order valence-corrected chi connectivity index (χ3v) is 5.54. The average molecular weight is 415 g/mol. The maximum Gasteiger partial charge on any atom is 0.315 e. The number of amides is 3. The number of hydrogen-bond donors (Lipinski definition) is 3. The van der Waals surface area contributed by atoms with Crippen LogP contribution in [0.15, 0.2) is 48.5 Å². The van der Waals surface area contributed by atoms with E-state index in [2.05, 4.69) is 16.0 Å². The van der Waals surface area contributed by atoms with Crippen LogP contribution < -0.4 is 16.0 Å². The molecule has 0 aromatic heterocycles. The number of carbonyl (C=O) groups excluding carboxylic acids is 2. The van der Waals surface area contributed by atoms with Crippen LogP contribution >= 0.6 is 0 Å². The van der Waals surface area contributed by atoms with E-state index in [-0.39, 0.29) is 23.6 Å². The molecule has 0 unspecified atom stereocenters. The van der Waals surface area contributed by atoms with Crippen LogP contribution in [0.5, 0.6) is 0 Å². The molecular formula is C23H27F2N3O2. The van der Waals surface area contributed by atoms with Crippen molar-refractivity contribution < 1.29 is 18.4 Å². The lowest BCUT2D eigenvalue weighted by Gasteiger charge is -2.28. The van der Waals surface area contributed by atoms with Gasteiger partial charge in [0.15, 0.2) is 0 Å². The molecular weight excluding hydrogens is 388 g/mol. The largest absolute Gasteiger partial charge is 0.352 e. The average Bonchev–Trinajstić information content (AvgIpc) is 2.77. The Morgan fingerprint density at radius 1 is 0.733 bits per heavy atom. The van der Waals surface area contributed by atoms with Gasteiger partial charge in [0, 0.05) is 25.2 Å². The number of halogens is 2. The third kappa shape index (κ3) is 6.83. The second kappa shape index (κ2) is 10.7. The van der Waals surface area contributed by atoms with Crippen LogP contribution in [-0.4, -0.2) is 25.0 Å². The topological polar surface area (TPSA) is 70.2 Å². The van der Waals surface area contributed by atoms with E-state index in [1.165, 1.54) is 36.4 Å². The number of hydrogen-bond acceptors (Lipinski definition) is 2. The standard InChI is InChI=1S/C23H27F2N3O2/c24-20-9-5-18(6-10-20)15-28-23(30)27-14-17-3-1-16(2-4-17)13-26-22(29)19-7-11-21(25)12-8-19/h5-12,16-17H,1-4,13-15H2,(H,26,29)(H2,27,28,30). The van der Waals surface area contributed by atoms with E-state index < -0.39 is 0 Å². The summed E-state index contributed by atoms with van der Waals surface area (Å²) in [5.74, 6) is -0.00312. The summed E-state index contributed by atoms with van der Waals surface area (Å²) in [6.07, 6.45) is 3.98. The lowest BCUT2D eigenvalue weighted by Crippen LogP contribution is -2.39. The van der Waals surface area contributed by atoms with E-state index in [0.29, 0.717) is 37.0 Å². The van der Waals surface area contributed by atoms with Crippen LogP contribution in [0.25, 0.3) is 0 Å². The first-order valence-corrected chi connectivity index (χ1v) is 10.3. The second-order valence-electron chi connectivity index (χ2n) is 7.79. The van der Waals surface area contributed by atoms with Crippen LogP contribution in [0.3, 0.4) is 0 Å². The molecule has 0 aliphatic heterocycles. The van der Waals surface area contributed by atoms with Gasteiger partial charge in [0.2, 0.25) is 0 Å². The zero-order valence-corrected chi connectivity index (χ0v) is 16.8. The first kappa shape index (κ1) is 21.7. The van der Waals surface area contributed by atoms with Crippen LogP contribution in [0.1, 0.15) is 41.6 Å². The normalized spacial score (nSPS) is 18.5. The number of nitrogens with one attached hydrogen (secondary N) is 3. The van der Waals surface area contributed by atoms with Crippen molar-refractivity contribution in [2.45, 2.75) is 32.2 Å². The van der Waals surface area contributed by atoms with Gasteiger partial charge in [-0.15, -0.1) is 0 Å². The molecule has 0 saturated heterocycles. The number of benzene rings is 2. The highest BCUT2D eigenvalue weighted by molar-refractivity contribution is 5.94. The van der Waals surface area contributed by atoms with Gasteiger partial charge in [-0.1, -0.05) is 12.1 Å². The molecule has 0 heterocycles. The van der Waals surface area contributed by atoms with Crippen molar-refractivity contribution in [1.29, 1.82) is 0 Å². The number of carbonyl (C=O) groups is 2. The summed E-state index contributed by atoms with van der Waals surface area (Å²) in [6.45, 7) is 1.57. The Morgan fingerprint density at radius 3 is 1.80 bits per heavy atom. The van der Waals surface area contributed by atoms with Crippen molar-refractivity contribution in [3.63, 3.8) is 0 Å². The minimum Gasteiger partial charge on any atom is -0.352 e. The van der Waals surface area contributed by atoms with E-state index in [1.54, 1.807) is 12.1 Å². The summed E-state index contributed by atoms with van der Waals surface area (Å²) >= 11 is 0. The lowest BCUT2D eigenvalue weighted by atomic mass is 9.82. The molecule has 1 aliphatic rings. The summed E-state index contributed by atoms with van der Waals surface area (Å²) < 4.78 is 25.8. The monoisotopic (exact) mass is 415 g/mol. The van der Waals surface area contributed by atoms with Gasteiger partial charge in [-0.3, -0.25) is 4.79 Å². The van der Waals surface area contributed by atoms with Crippen LogP contribution in [0.4, 0.5) is 13.6 Å². The van der Waals surface area contributed by atoms with Crippen molar-refractivity contribution in [1.82, 2.24) is 16.0 Å². The maximum absolute atomic E-state index is 12.9. The summed E-state index contributed by atoms with van der Waals surface area (Å²) in [4.78, 5) is 24.1. The molecule has 5 nitrogen and oxygen atoms in total. The first-order valence-electron chi connectivity index (χ1n) is 10.3. The van der Waals surface area contributed by atoms with Crippen LogP contribution in [0, 0.1) is 23.5 Å². The molecule has 2 aromatic rings. The van der Waals surface area contributed by atoms with Crippen LogP contribution in [-0.2, 0) is 6.54 Å². The van der Waals surface area contributed by atoms with Gasteiger partial charge in [0.1, 0.15) is 11.6 Å². The van der Waals surface area contributed by atoms with Gasteiger partial charge in [0.05, 0.1) is 0 Å². The van der Waals surface area contributed by atoms with E-state index in [4.69, 9.17) is 0 Å². The predicted octanol–water partition coefficient (Wildman–Crippen LogP) is 4.00. The fourth-order valence-electron chi connectivity index (χ4n) is 3.66. The van der Waals surface area contributed by atoms with E-state index in [1.807, 2.05) is 0 Å². The van der Waals surface area contributed by atoms with Gasteiger partial charge >= 0.3 is 6.03 Å². The molecule has 160 valence electrons. The molecule has 0 bridgehead atoms. The SMILES string of the molecule is O=C(NCc1ccc(F)cc1)NCC1CCC(CNC(=O)c2ccc(F)cc2)CC1. The number of urea groups is 1. The summed E-state index contributed by atoms with van der Waals surface area (Å²) in [5.41, 5.74) is 1.30. The fraction of sp³-hybridized carbons (Fsp3) is 0.391. The molecule has 7 heteroatoms.